The summed E-state index contributed by atoms with van der Waals surface area (Å²) in [6, 6.07) is 0. The van der Waals surface area contributed by atoms with Crippen molar-refractivity contribution in [3.05, 3.63) is 24.2 Å². The zero-order valence-electron chi connectivity index (χ0n) is 10.9. The first-order chi connectivity index (χ1) is 8.81. The van der Waals surface area contributed by atoms with Crippen LogP contribution in [0.25, 0.3) is 5.57 Å². The van der Waals surface area contributed by atoms with Crippen molar-refractivity contribution in [3.8, 4) is 5.88 Å². The molecule has 0 saturated carbocycles. The van der Waals surface area contributed by atoms with Crippen molar-refractivity contribution in [1.82, 2.24) is 14.9 Å². The topological polar surface area (TPSA) is 47.5 Å². The third-order valence-corrected chi connectivity index (χ3v) is 2.84. The minimum absolute atomic E-state index is 0.491. The second kappa shape index (κ2) is 6.47. The van der Waals surface area contributed by atoms with Gasteiger partial charge in [0.15, 0.2) is 0 Å². The molecule has 0 fully saturated rings. The summed E-state index contributed by atoms with van der Waals surface area (Å²) in [5, 5.41) is 0. The summed E-state index contributed by atoms with van der Waals surface area (Å²) in [6.07, 6.45) is 6.61. The Morgan fingerprint density at radius 2 is 2.11 bits per heavy atom. The van der Waals surface area contributed by atoms with Gasteiger partial charge in [0.1, 0.15) is 12.3 Å². The molecule has 0 saturated heterocycles. The first-order valence-electron chi connectivity index (χ1n) is 6.12. The van der Waals surface area contributed by atoms with E-state index in [1.807, 2.05) is 0 Å². The van der Waals surface area contributed by atoms with E-state index in [0.29, 0.717) is 19.1 Å². The highest BCUT2D eigenvalue weighted by molar-refractivity contribution is 5.67. The lowest BCUT2D eigenvalue weighted by atomic mass is 10.1. The SMILES string of the molecule is COCCOc1nccnc1C1=CCCN(C)C1. The maximum absolute atomic E-state index is 5.61. The van der Waals surface area contributed by atoms with Crippen molar-refractivity contribution >= 4 is 5.57 Å². The van der Waals surface area contributed by atoms with Crippen molar-refractivity contribution in [2.75, 3.05) is 40.5 Å². The Hall–Kier alpha value is -1.46. The molecule has 2 rings (SSSR count). The third-order valence-electron chi connectivity index (χ3n) is 2.84. The predicted molar refractivity (Wildman–Crippen MR) is 69.5 cm³/mol. The highest BCUT2D eigenvalue weighted by atomic mass is 16.5. The Morgan fingerprint density at radius 1 is 1.28 bits per heavy atom. The van der Waals surface area contributed by atoms with Crippen molar-refractivity contribution < 1.29 is 9.47 Å². The molecule has 0 aromatic carbocycles. The van der Waals surface area contributed by atoms with Gasteiger partial charge in [0.2, 0.25) is 5.88 Å². The summed E-state index contributed by atoms with van der Waals surface area (Å²) in [4.78, 5) is 10.9. The number of methoxy groups -OCH3 is 1. The minimum atomic E-state index is 0.491. The van der Waals surface area contributed by atoms with E-state index in [1.165, 1.54) is 5.57 Å². The van der Waals surface area contributed by atoms with Crippen LogP contribution in [0.15, 0.2) is 18.5 Å². The standard InChI is InChI=1S/C13H19N3O2/c1-16-7-3-4-11(10-16)12-13(15-6-5-14-12)18-9-8-17-2/h4-6H,3,7-10H2,1-2H3. The molecule has 0 N–H and O–H groups in total. The Kier molecular flexibility index (Phi) is 4.66. The normalized spacial score (nSPS) is 16.4. The predicted octanol–water partition coefficient (Wildman–Crippen LogP) is 1.22. The van der Waals surface area contributed by atoms with Crippen LogP contribution in [0.4, 0.5) is 0 Å². The fraction of sp³-hybridized carbons (Fsp3) is 0.538. The van der Waals surface area contributed by atoms with Crippen LogP contribution in [0, 0.1) is 0 Å². The second-order valence-corrected chi connectivity index (χ2v) is 4.31. The van der Waals surface area contributed by atoms with Gasteiger partial charge in [0.25, 0.3) is 0 Å². The maximum atomic E-state index is 5.61. The fourth-order valence-electron chi connectivity index (χ4n) is 1.94. The molecule has 1 aromatic rings. The molecule has 18 heavy (non-hydrogen) atoms. The lowest BCUT2D eigenvalue weighted by molar-refractivity contribution is 0.143. The molecule has 0 atom stereocenters. The fourth-order valence-corrected chi connectivity index (χ4v) is 1.94. The molecule has 0 aliphatic carbocycles. The van der Waals surface area contributed by atoms with Gasteiger partial charge in [-0.05, 0) is 19.0 Å². The molecular formula is C13H19N3O2. The number of nitrogens with zero attached hydrogens (tertiary/aromatic N) is 3. The first kappa shape index (κ1) is 13.0. The number of rotatable bonds is 5. The second-order valence-electron chi connectivity index (χ2n) is 4.31. The Bertz CT molecular complexity index is 420. The number of hydrogen-bond donors (Lipinski definition) is 0. The summed E-state index contributed by atoms with van der Waals surface area (Å²) in [6.45, 7) is 3.02. The van der Waals surface area contributed by atoms with Gasteiger partial charge in [-0.1, -0.05) is 6.08 Å². The van der Waals surface area contributed by atoms with Gasteiger partial charge in [-0.15, -0.1) is 0 Å². The van der Waals surface area contributed by atoms with E-state index in [2.05, 4.69) is 28.0 Å². The molecule has 0 radical (unpaired) electrons. The first-order valence-corrected chi connectivity index (χ1v) is 6.12. The quantitative estimate of drug-likeness (QED) is 0.734. The zero-order chi connectivity index (χ0) is 12.8. The van der Waals surface area contributed by atoms with Gasteiger partial charge >= 0.3 is 0 Å². The molecule has 98 valence electrons. The summed E-state index contributed by atoms with van der Waals surface area (Å²) in [5.41, 5.74) is 2.03. The van der Waals surface area contributed by atoms with Crippen LogP contribution in [-0.4, -0.2) is 55.3 Å². The molecule has 2 heterocycles. The van der Waals surface area contributed by atoms with Crippen molar-refractivity contribution in [2.45, 2.75) is 6.42 Å². The van der Waals surface area contributed by atoms with E-state index in [4.69, 9.17) is 9.47 Å². The van der Waals surface area contributed by atoms with Crippen LogP contribution >= 0.6 is 0 Å². The highest BCUT2D eigenvalue weighted by Gasteiger charge is 2.16. The van der Waals surface area contributed by atoms with E-state index in [-0.39, 0.29) is 0 Å². The molecule has 5 nitrogen and oxygen atoms in total. The Labute approximate surface area is 107 Å². The highest BCUT2D eigenvalue weighted by Crippen LogP contribution is 2.24. The van der Waals surface area contributed by atoms with Crippen LogP contribution in [-0.2, 0) is 4.74 Å². The maximum Gasteiger partial charge on any atom is 0.240 e. The molecule has 5 heteroatoms. The Balaban J connectivity index is 2.13. The van der Waals surface area contributed by atoms with Gasteiger partial charge in [0, 0.05) is 32.6 Å². The van der Waals surface area contributed by atoms with Crippen molar-refractivity contribution in [1.29, 1.82) is 0 Å². The molecule has 0 spiro atoms. The monoisotopic (exact) mass is 249 g/mol. The van der Waals surface area contributed by atoms with E-state index in [0.717, 1.165) is 25.2 Å². The van der Waals surface area contributed by atoms with E-state index < -0.39 is 0 Å². The molecule has 0 unspecified atom stereocenters. The van der Waals surface area contributed by atoms with E-state index in [9.17, 15) is 0 Å². The molecule has 0 bridgehead atoms. The summed E-state index contributed by atoms with van der Waals surface area (Å²) in [7, 11) is 3.76. The number of likely N-dealkylation sites (N-methyl/N-ethyl adjacent to an activating group) is 1. The smallest absolute Gasteiger partial charge is 0.240 e. The van der Waals surface area contributed by atoms with Crippen molar-refractivity contribution in [2.24, 2.45) is 0 Å². The molecule has 1 aliphatic heterocycles. The summed E-state index contributed by atoms with van der Waals surface area (Å²) in [5.74, 6) is 0.594. The van der Waals surface area contributed by atoms with Gasteiger partial charge in [0.05, 0.1) is 6.61 Å². The molecule has 1 aliphatic rings. The average Bonchev–Trinajstić information content (AvgIpc) is 2.40. The molecule has 0 amide bonds. The van der Waals surface area contributed by atoms with E-state index >= 15 is 0 Å². The van der Waals surface area contributed by atoms with E-state index in [1.54, 1.807) is 19.5 Å². The molecule has 1 aromatic heterocycles. The van der Waals surface area contributed by atoms with Crippen LogP contribution in [0.2, 0.25) is 0 Å². The van der Waals surface area contributed by atoms with Gasteiger partial charge in [-0.3, -0.25) is 0 Å². The Morgan fingerprint density at radius 3 is 2.89 bits per heavy atom. The summed E-state index contributed by atoms with van der Waals surface area (Å²) >= 11 is 0. The summed E-state index contributed by atoms with van der Waals surface area (Å²) < 4.78 is 10.6. The van der Waals surface area contributed by atoms with Gasteiger partial charge < -0.3 is 14.4 Å². The average molecular weight is 249 g/mol. The number of ether oxygens (including phenoxy) is 2. The number of aromatic nitrogens is 2. The third kappa shape index (κ3) is 3.27. The lowest BCUT2D eigenvalue weighted by Crippen LogP contribution is -2.25. The van der Waals surface area contributed by atoms with Gasteiger partial charge in [-0.2, -0.15) is 0 Å². The van der Waals surface area contributed by atoms with Crippen LogP contribution < -0.4 is 4.74 Å². The van der Waals surface area contributed by atoms with Crippen LogP contribution in [0.1, 0.15) is 12.1 Å². The largest absolute Gasteiger partial charge is 0.474 e. The lowest BCUT2D eigenvalue weighted by Gasteiger charge is -2.23. The van der Waals surface area contributed by atoms with Crippen molar-refractivity contribution in [3.63, 3.8) is 0 Å². The van der Waals surface area contributed by atoms with Crippen LogP contribution in [0.3, 0.4) is 0 Å². The number of hydrogen-bond acceptors (Lipinski definition) is 5. The van der Waals surface area contributed by atoms with Crippen LogP contribution in [0.5, 0.6) is 5.88 Å². The zero-order valence-corrected chi connectivity index (χ0v) is 10.9. The molecular weight excluding hydrogens is 230 g/mol. The van der Waals surface area contributed by atoms with Gasteiger partial charge in [-0.25, -0.2) is 9.97 Å². The minimum Gasteiger partial charge on any atom is -0.474 e.